The summed E-state index contributed by atoms with van der Waals surface area (Å²) in [7, 11) is 1.53. The smallest absolute Gasteiger partial charge is 0.273 e. The molecule has 0 atom stereocenters. The number of aromatic nitrogens is 2. The van der Waals surface area contributed by atoms with Gasteiger partial charge in [0.2, 0.25) is 11.8 Å². The number of ether oxygens (including phenoxy) is 1. The number of nitrogens with zero attached hydrogens (tertiary/aromatic N) is 2. The zero-order valence-electron chi connectivity index (χ0n) is 19.5. The zero-order chi connectivity index (χ0) is 24.0. The molecule has 0 saturated carbocycles. The zero-order valence-corrected chi connectivity index (χ0v) is 19.5. The summed E-state index contributed by atoms with van der Waals surface area (Å²) >= 11 is 0. The van der Waals surface area contributed by atoms with Crippen molar-refractivity contribution in [1.82, 2.24) is 14.9 Å². The molecule has 2 amide bonds. The first kappa shape index (κ1) is 24.0. The van der Waals surface area contributed by atoms with E-state index in [1.807, 2.05) is 39.0 Å². The Bertz CT molecular complexity index is 1220. The highest BCUT2D eigenvalue weighted by atomic mass is 16.5. The van der Waals surface area contributed by atoms with E-state index in [4.69, 9.17) is 4.74 Å². The van der Waals surface area contributed by atoms with Crippen molar-refractivity contribution in [1.29, 1.82) is 0 Å². The topological polar surface area (TPSA) is 102 Å². The summed E-state index contributed by atoms with van der Waals surface area (Å²) in [5, 5.41) is 5.68. The summed E-state index contributed by atoms with van der Waals surface area (Å²) < 4.78 is 6.73. The van der Waals surface area contributed by atoms with E-state index in [1.165, 1.54) is 11.7 Å². The molecule has 0 aliphatic carbocycles. The molecule has 0 radical (unpaired) electrons. The maximum atomic E-state index is 13.2. The van der Waals surface area contributed by atoms with E-state index in [-0.39, 0.29) is 42.5 Å². The SMILES string of the molecule is COc1ccc(C)cc1NC(=O)Cn1c(=O)c(CCC(=O)NCC(C)C)nc2ccccc21. The maximum Gasteiger partial charge on any atom is 0.273 e. The number of carbonyl (C=O) groups is 2. The molecule has 33 heavy (non-hydrogen) atoms. The Morgan fingerprint density at radius 1 is 1.12 bits per heavy atom. The lowest BCUT2D eigenvalue weighted by atomic mass is 10.2. The van der Waals surface area contributed by atoms with Crippen LogP contribution in [0.2, 0.25) is 0 Å². The first-order chi connectivity index (χ1) is 15.8. The predicted molar refractivity (Wildman–Crippen MR) is 129 cm³/mol. The minimum Gasteiger partial charge on any atom is -0.495 e. The van der Waals surface area contributed by atoms with Crippen molar-refractivity contribution in [3.05, 3.63) is 64.1 Å². The highest BCUT2D eigenvalue weighted by Crippen LogP contribution is 2.25. The molecular formula is C25H30N4O4. The fourth-order valence-corrected chi connectivity index (χ4v) is 3.46. The van der Waals surface area contributed by atoms with Gasteiger partial charge in [-0.25, -0.2) is 4.98 Å². The molecule has 0 aliphatic heterocycles. The number of para-hydroxylation sites is 2. The standard InChI is InChI=1S/C25H30N4O4/c1-16(2)14-26-23(30)12-10-19-25(32)29(21-8-6-5-7-18(21)27-19)15-24(31)28-20-13-17(3)9-11-22(20)33-4/h5-9,11,13,16H,10,12,14-15H2,1-4H3,(H,26,30)(H,28,31). The molecule has 8 nitrogen and oxygen atoms in total. The van der Waals surface area contributed by atoms with E-state index < -0.39 is 0 Å². The van der Waals surface area contributed by atoms with Crippen molar-refractivity contribution >= 4 is 28.5 Å². The molecule has 0 unspecified atom stereocenters. The fourth-order valence-electron chi connectivity index (χ4n) is 3.46. The van der Waals surface area contributed by atoms with Crippen LogP contribution >= 0.6 is 0 Å². The van der Waals surface area contributed by atoms with Crippen LogP contribution < -0.4 is 20.9 Å². The van der Waals surface area contributed by atoms with Crippen LogP contribution in [0, 0.1) is 12.8 Å². The molecule has 174 valence electrons. The van der Waals surface area contributed by atoms with Gasteiger partial charge in [-0.2, -0.15) is 0 Å². The summed E-state index contributed by atoms with van der Waals surface area (Å²) in [6.45, 7) is 6.34. The third kappa shape index (κ3) is 6.19. The minimum absolute atomic E-state index is 0.131. The molecule has 2 N–H and O–H groups in total. The number of aryl methyl sites for hydroxylation is 2. The van der Waals surface area contributed by atoms with Crippen LogP contribution in [0.3, 0.4) is 0 Å². The quantitative estimate of drug-likeness (QED) is 0.522. The Hall–Kier alpha value is -3.68. The van der Waals surface area contributed by atoms with E-state index in [2.05, 4.69) is 15.6 Å². The molecule has 0 spiro atoms. The third-order valence-electron chi connectivity index (χ3n) is 5.15. The Labute approximate surface area is 193 Å². The monoisotopic (exact) mass is 450 g/mol. The van der Waals surface area contributed by atoms with Gasteiger partial charge in [0.25, 0.3) is 5.56 Å². The lowest BCUT2D eigenvalue weighted by molar-refractivity contribution is -0.121. The van der Waals surface area contributed by atoms with Crippen LogP contribution in [0.4, 0.5) is 5.69 Å². The summed E-state index contributed by atoms with van der Waals surface area (Å²) in [5.41, 5.74) is 2.54. The van der Waals surface area contributed by atoms with Crippen molar-refractivity contribution in [2.24, 2.45) is 5.92 Å². The van der Waals surface area contributed by atoms with Crippen LogP contribution in [-0.2, 0) is 22.6 Å². The van der Waals surface area contributed by atoms with Gasteiger partial charge in [-0.3, -0.25) is 19.0 Å². The normalized spacial score (nSPS) is 10.9. The van der Waals surface area contributed by atoms with Gasteiger partial charge in [-0.05, 0) is 42.7 Å². The molecule has 0 saturated heterocycles. The van der Waals surface area contributed by atoms with Crippen LogP contribution in [0.15, 0.2) is 47.3 Å². The first-order valence-electron chi connectivity index (χ1n) is 11.0. The summed E-state index contributed by atoms with van der Waals surface area (Å²) in [6.07, 6.45) is 0.348. The molecule has 2 aromatic carbocycles. The molecule has 3 rings (SSSR count). The number of benzene rings is 2. The molecule has 0 bridgehead atoms. The number of anilines is 1. The Kier molecular flexibility index (Phi) is 7.82. The molecule has 8 heteroatoms. The number of carbonyl (C=O) groups excluding carboxylic acids is 2. The minimum atomic E-state index is -0.378. The molecular weight excluding hydrogens is 420 g/mol. The van der Waals surface area contributed by atoms with Crippen LogP contribution in [-0.4, -0.2) is 35.0 Å². The van der Waals surface area contributed by atoms with Gasteiger partial charge in [-0.1, -0.05) is 32.0 Å². The molecule has 0 fully saturated rings. The Balaban J connectivity index is 1.85. The van der Waals surface area contributed by atoms with Gasteiger partial charge in [0.05, 0.1) is 23.8 Å². The number of hydrogen-bond acceptors (Lipinski definition) is 5. The highest BCUT2D eigenvalue weighted by Gasteiger charge is 2.16. The Morgan fingerprint density at radius 2 is 1.88 bits per heavy atom. The van der Waals surface area contributed by atoms with Crippen molar-refractivity contribution in [2.45, 2.75) is 40.2 Å². The van der Waals surface area contributed by atoms with Crippen molar-refractivity contribution < 1.29 is 14.3 Å². The van der Waals surface area contributed by atoms with Gasteiger partial charge >= 0.3 is 0 Å². The molecule has 0 aliphatic rings. The van der Waals surface area contributed by atoms with Crippen molar-refractivity contribution in [2.75, 3.05) is 19.0 Å². The summed E-state index contributed by atoms with van der Waals surface area (Å²) in [5.74, 6) is 0.386. The number of hydrogen-bond donors (Lipinski definition) is 2. The van der Waals surface area contributed by atoms with E-state index in [0.29, 0.717) is 34.9 Å². The van der Waals surface area contributed by atoms with Crippen molar-refractivity contribution in [3.63, 3.8) is 0 Å². The van der Waals surface area contributed by atoms with Gasteiger partial charge in [0, 0.05) is 19.4 Å². The number of methoxy groups -OCH3 is 1. The average Bonchev–Trinajstić information content (AvgIpc) is 2.78. The second-order valence-electron chi connectivity index (χ2n) is 8.39. The first-order valence-corrected chi connectivity index (χ1v) is 11.0. The van der Waals surface area contributed by atoms with Gasteiger partial charge in [0.15, 0.2) is 0 Å². The van der Waals surface area contributed by atoms with E-state index in [0.717, 1.165) is 5.56 Å². The van der Waals surface area contributed by atoms with Crippen molar-refractivity contribution in [3.8, 4) is 5.75 Å². The second-order valence-corrected chi connectivity index (χ2v) is 8.39. The Morgan fingerprint density at radius 3 is 2.61 bits per heavy atom. The molecule has 3 aromatic rings. The maximum absolute atomic E-state index is 13.2. The molecule has 1 heterocycles. The average molecular weight is 451 g/mol. The number of rotatable bonds is 9. The van der Waals surface area contributed by atoms with Crippen LogP contribution in [0.25, 0.3) is 11.0 Å². The summed E-state index contributed by atoms with van der Waals surface area (Å²) in [4.78, 5) is 42.7. The highest BCUT2D eigenvalue weighted by molar-refractivity contribution is 5.93. The van der Waals surface area contributed by atoms with Gasteiger partial charge in [0.1, 0.15) is 18.0 Å². The lowest BCUT2D eigenvalue weighted by Gasteiger charge is -2.14. The van der Waals surface area contributed by atoms with Crippen LogP contribution in [0.1, 0.15) is 31.5 Å². The lowest BCUT2D eigenvalue weighted by Crippen LogP contribution is -2.32. The number of nitrogens with one attached hydrogen (secondary N) is 2. The van der Waals surface area contributed by atoms with E-state index in [9.17, 15) is 14.4 Å². The van der Waals surface area contributed by atoms with Crippen LogP contribution in [0.5, 0.6) is 5.75 Å². The van der Waals surface area contributed by atoms with E-state index >= 15 is 0 Å². The predicted octanol–water partition coefficient (Wildman–Crippen LogP) is 3.06. The van der Waals surface area contributed by atoms with Gasteiger partial charge in [-0.15, -0.1) is 0 Å². The fraction of sp³-hybridized carbons (Fsp3) is 0.360. The van der Waals surface area contributed by atoms with Gasteiger partial charge < -0.3 is 15.4 Å². The largest absolute Gasteiger partial charge is 0.495 e. The number of amides is 2. The molecule has 1 aromatic heterocycles. The number of fused-ring (bicyclic) bond motifs is 1. The second kappa shape index (κ2) is 10.8. The van der Waals surface area contributed by atoms with E-state index in [1.54, 1.807) is 24.3 Å². The third-order valence-corrected chi connectivity index (χ3v) is 5.15. The summed E-state index contributed by atoms with van der Waals surface area (Å²) in [6, 6.07) is 12.6.